The van der Waals surface area contributed by atoms with E-state index < -0.39 is 0 Å². The molecule has 1 aliphatic heterocycles. The molecule has 7 nitrogen and oxygen atoms in total. The maximum Gasteiger partial charge on any atom is 0.185 e. The minimum Gasteiger partial charge on any atom is -0.508 e. The number of ketones is 1. The van der Waals surface area contributed by atoms with E-state index in [4.69, 9.17) is 9.26 Å². The van der Waals surface area contributed by atoms with Crippen molar-refractivity contribution in [1.29, 1.82) is 0 Å². The summed E-state index contributed by atoms with van der Waals surface area (Å²) in [5.74, 6) is 0.142. The first kappa shape index (κ1) is 24.0. The van der Waals surface area contributed by atoms with E-state index in [-0.39, 0.29) is 28.9 Å². The highest BCUT2D eigenvalue weighted by atomic mass is 16.5. The summed E-state index contributed by atoms with van der Waals surface area (Å²) in [7, 11) is 0. The average Bonchev–Trinajstić information content (AvgIpc) is 3.25. The molecule has 2 N–H and O–H groups in total. The van der Waals surface area contributed by atoms with Crippen molar-refractivity contribution in [3.8, 4) is 33.9 Å². The minimum absolute atomic E-state index is 0.0204. The predicted molar refractivity (Wildman–Crippen MR) is 130 cm³/mol. The van der Waals surface area contributed by atoms with Crippen molar-refractivity contribution >= 4 is 5.78 Å². The summed E-state index contributed by atoms with van der Waals surface area (Å²) in [5, 5.41) is 25.0. The van der Waals surface area contributed by atoms with Crippen molar-refractivity contribution in [1.82, 2.24) is 10.1 Å². The quantitative estimate of drug-likeness (QED) is 0.433. The molecule has 1 saturated heterocycles. The molecule has 1 fully saturated rings. The van der Waals surface area contributed by atoms with Crippen LogP contribution in [-0.4, -0.2) is 52.4 Å². The van der Waals surface area contributed by atoms with Gasteiger partial charge < -0.3 is 19.5 Å². The number of aromatic hydroxyl groups is 2. The molecule has 0 unspecified atom stereocenters. The van der Waals surface area contributed by atoms with Gasteiger partial charge in [0.25, 0.3) is 0 Å². The van der Waals surface area contributed by atoms with Gasteiger partial charge in [-0.3, -0.25) is 9.69 Å². The van der Waals surface area contributed by atoms with Crippen LogP contribution in [0.1, 0.15) is 61.1 Å². The number of nitrogens with zero attached hydrogens (tertiary/aromatic N) is 2. The Balaban J connectivity index is 1.76. The van der Waals surface area contributed by atoms with Gasteiger partial charge in [0.05, 0.1) is 24.3 Å². The van der Waals surface area contributed by atoms with Crippen LogP contribution in [0.5, 0.6) is 11.5 Å². The standard InChI is InChI=1S/C27H32N2O5/c1-4-5-22(30)26-25(19-8-6-18(7-9-19)16-29-10-12-33-13-11-29)27(34-28-26)21-14-20(17(2)3)23(31)15-24(21)32/h6-9,14-15,17,31-32H,4-5,10-13,16H2,1-3H3. The number of ether oxygens (including phenoxy) is 1. The summed E-state index contributed by atoms with van der Waals surface area (Å²) in [6.45, 7) is 10.0. The van der Waals surface area contributed by atoms with Crippen LogP contribution in [0.4, 0.5) is 0 Å². The smallest absolute Gasteiger partial charge is 0.185 e. The van der Waals surface area contributed by atoms with Gasteiger partial charge in [-0.05, 0) is 35.1 Å². The normalized spacial score (nSPS) is 14.6. The number of morpholine rings is 1. The molecule has 7 heteroatoms. The van der Waals surface area contributed by atoms with Gasteiger partial charge in [-0.25, -0.2) is 0 Å². The number of hydrogen-bond donors (Lipinski definition) is 2. The zero-order valence-corrected chi connectivity index (χ0v) is 20.0. The maximum absolute atomic E-state index is 12.9. The number of phenolic OH excluding ortho intramolecular Hbond substituents is 2. The fourth-order valence-electron chi connectivity index (χ4n) is 4.31. The maximum atomic E-state index is 12.9. The van der Waals surface area contributed by atoms with Crippen molar-refractivity contribution in [3.05, 3.63) is 53.2 Å². The summed E-state index contributed by atoms with van der Waals surface area (Å²) >= 11 is 0. The number of phenols is 2. The summed E-state index contributed by atoms with van der Waals surface area (Å²) in [6, 6.07) is 11.1. The Morgan fingerprint density at radius 2 is 1.79 bits per heavy atom. The molecule has 4 rings (SSSR count). The number of rotatable bonds is 8. The number of carbonyl (C=O) groups is 1. The number of carbonyl (C=O) groups excluding carboxylic acids is 1. The van der Waals surface area contributed by atoms with Gasteiger partial charge in [-0.15, -0.1) is 0 Å². The Morgan fingerprint density at radius 1 is 1.09 bits per heavy atom. The topological polar surface area (TPSA) is 96.0 Å². The lowest BCUT2D eigenvalue weighted by molar-refractivity contribution is 0.0342. The van der Waals surface area contributed by atoms with E-state index in [1.54, 1.807) is 6.07 Å². The van der Waals surface area contributed by atoms with Crippen LogP contribution in [0.2, 0.25) is 0 Å². The Bertz CT molecular complexity index is 1140. The van der Waals surface area contributed by atoms with Gasteiger partial charge in [-0.2, -0.15) is 0 Å². The number of hydrogen-bond acceptors (Lipinski definition) is 7. The molecule has 0 spiro atoms. The highest BCUT2D eigenvalue weighted by Gasteiger charge is 2.26. The second-order valence-electron chi connectivity index (χ2n) is 9.08. The minimum atomic E-state index is -0.127. The second kappa shape index (κ2) is 10.4. The summed E-state index contributed by atoms with van der Waals surface area (Å²) < 4.78 is 11.1. The molecule has 0 saturated carbocycles. The Kier molecular flexibility index (Phi) is 7.34. The monoisotopic (exact) mass is 464 g/mol. The molecule has 1 aromatic heterocycles. The number of aromatic nitrogens is 1. The van der Waals surface area contributed by atoms with Gasteiger partial charge >= 0.3 is 0 Å². The molecule has 180 valence electrons. The molecule has 2 heterocycles. The van der Waals surface area contributed by atoms with Gasteiger partial charge in [-0.1, -0.05) is 50.2 Å². The molecule has 0 atom stereocenters. The first-order chi connectivity index (χ1) is 16.4. The van der Waals surface area contributed by atoms with Crippen LogP contribution in [0.25, 0.3) is 22.5 Å². The predicted octanol–water partition coefficient (Wildman–Crippen LogP) is 5.36. The highest BCUT2D eigenvalue weighted by Crippen LogP contribution is 2.43. The van der Waals surface area contributed by atoms with Crippen molar-refractivity contribution in [2.24, 2.45) is 0 Å². The zero-order chi connectivity index (χ0) is 24.2. The van der Waals surface area contributed by atoms with E-state index in [0.717, 1.165) is 38.4 Å². The van der Waals surface area contributed by atoms with Gasteiger partial charge in [0.2, 0.25) is 0 Å². The molecule has 1 aliphatic rings. The summed E-state index contributed by atoms with van der Waals surface area (Å²) in [5.41, 5.74) is 3.86. The third-order valence-corrected chi connectivity index (χ3v) is 6.20. The van der Waals surface area contributed by atoms with Crippen molar-refractivity contribution in [3.63, 3.8) is 0 Å². The van der Waals surface area contributed by atoms with E-state index in [2.05, 4.69) is 10.1 Å². The Labute approximate surface area is 200 Å². The summed E-state index contributed by atoms with van der Waals surface area (Å²) in [6.07, 6.45) is 1.05. The third kappa shape index (κ3) is 5.00. The second-order valence-corrected chi connectivity index (χ2v) is 9.08. The Morgan fingerprint density at radius 3 is 2.44 bits per heavy atom. The molecule has 0 amide bonds. The van der Waals surface area contributed by atoms with E-state index in [9.17, 15) is 15.0 Å². The lowest BCUT2D eigenvalue weighted by Gasteiger charge is -2.26. The number of benzene rings is 2. The van der Waals surface area contributed by atoms with Gasteiger partial charge in [0.1, 0.15) is 11.5 Å². The molecule has 2 aromatic carbocycles. The lowest BCUT2D eigenvalue weighted by atomic mass is 9.93. The molecule has 0 bridgehead atoms. The fraction of sp³-hybridized carbons (Fsp3) is 0.407. The number of Topliss-reactive ketones (excluding diaryl/α,β-unsaturated/α-hetero) is 1. The average molecular weight is 465 g/mol. The molecule has 0 aliphatic carbocycles. The largest absolute Gasteiger partial charge is 0.508 e. The molecule has 34 heavy (non-hydrogen) atoms. The van der Waals surface area contributed by atoms with Crippen LogP contribution >= 0.6 is 0 Å². The van der Waals surface area contributed by atoms with Crippen LogP contribution in [0, 0.1) is 0 Å². The van der Waals surface area contributed by atoms with Crippen LogP contribution < -0.4 is 0 Å². The Hall–Kier alpha value is -3.16. The van der Waals surface area contributed by atoms with Crippen LogP contribution in [-0.2, 0) is 11.3 Å². The molecule has 0 radical (unpaired) electrons. The first-order valence-electron chi connectivity index (χ1n) is 11.9. The molecular formula is C27H32N2O5. The third-order valence-electron chi connectivity index (χ3n) is 6.20. The molecule has 3 aromatic rings. The van der Waals surface area contributed by atoms with Crippen molar-refractivity contribution in [2.45, 2.75) is 46.1 Å². The van der Waals surface area contributed by atoms with Crippen molar-refractivity contribution in [2.75, 3.05) is 26.3 Å². The van der Waals surface area contributed by atoms with Crippen LogP contribution in [0.15, 0.2) is 40.9 Å². The summed E-state index contributed by atoms with van der Waals surface area (Å²) in [4.78, 5) is 15.2. The van der Waals surface area contributed by atoms with E-state index in [1.165, 1.54) is 11.6 Å². The molecular weight excluding hydrogens is 432 g/mol. The van der Waals surface area contributed by atoms with Gasteiger partial charge in [0, 0.05) is 32.1 Å². The van der Waals surface area contributed by atoms with E-state index >= 15 is 0 Å². The highest BCUT2D eigenvalue weighted by molar-refractivity contribution is 6.03. The van der Waals surface area contributed by atoms with Crippen molar-refractivity contribution < 1.29 is 24.3 Å². The zero-order valence-electron chi connectivity index (χ0n) is 20.0. The van der Waals surface area contributed by atoms with E-state index in [0.29, 0.717) is 35.3 Å². The van der Waals surface area contributed by atoms with E-state index in [1.807, 2.05) is 45.0 Å². The lowest BCUT2D eigenvalue weighted by Crippen LogP contribution is -2.35. The van der Waals surface area contributed by atoms with Gasteiger partial charge in [0.15, 0.2) is 17.2 Å². The fourth-order valence-corrected chi connectivity index (χ4v) is 4.31. The SMILES string of the molecule is CCCC(=O)c1noc(-c2cc(C(C)C)c(O)cc2O)c1-c1ccc(CN2CCOCC2)cc1. The van der Waals surface area contributed by atoms with Crippen LogP contribution in [0.3, 0.4) is 0 Å². The first-order valence-corrected chi connectivity index (χ1v) is 11.9.